The van der Waals surface area contributed by atoms with Gasteiger partial charge >= 0.3 is 0 Å². The van der Waals surface area contributed by atoms with Gasteiger partial charge in [0, 0.05) is 24.4 Å². The molecule has 0 aromatic carbocycles. The van der Waals surface area contributed by atoms with Crippen LogP contribution in [0.3, 0.4) is 0 Å². The first-order valence-electron chi connectivity index (χ1n) is 5.87. The Balaban J connectivity index is 2.04. The largest absolute Gasteiger partial charge is 0.329 e. The van der Waals surface area contributed by atoms with Crippen molar-refractivity contribution in [2.75, 3.05) is 6.54 Å². The van der Waals surface area contributed by atoms with Crippen LogP contribution in [0.4, 0.5) is 0 Å². The molecule has 0 aliphatic heterocycles. The van der Waals surface area contributed by atoms with E-state index in [1.165, 1.54) is 17.4 Å². The SMILES string of the molecule is CC(C)CNCc1nnc(-c2cc[nH]c(=O)c2)s1. The first kappa shape index (κ1) is 12.9. The number of hydrogen-bond acceptors (Lipinski definition) is 5. The molecule has 6 heteroatoms. The van der Waals surface area contributed by atoms with Crippen LogP contribution in [-0.2, 0) is 6.54 Å². The highest BCUT2D eigenvalue weighted by atomic mass is 32.1. The minimum Gasteiger partial charge on any atom is -0.329 e. The molecule has 18 heavy (non-hydrogen) atoms. The highest BCUT2D eigenvalue weighted by Crippen LogP contribution is 2.21. The fourth-order valence-electron chi connectivity index (χ4n) is 1.49. The second-order valence-electron chi connectivity index (χ2n) is 4.47. The summed E-state index contributed by atoms with van der Waals surface area (Å²) < 4.78 is 0. The van der Waals surface area contributed by atoms with Crippen LogP contribution in [0.25, 0.3) is 10.6 Å². The summed E-state index contributed by atoms with van der Waals surface area (Å²) in [7, 11) is 0. The minimum absolute atomic E-state index is 0.123. The van der Waals surface area contributed by atoms with Crippen molar-refractivity contribution in [3.63, 3.8) is 0 Å². The molecule has 96 valence electrons. The van der Waals surface area contributed by atoms with Gasteiger partial charge in [0.25, 0.3) is 0 Å². The van der Waals surface area contributed by atoms with Crippen LogP contribution in [0.5, 0.6) is 0 Å². The minimum atomic E-state index is -0.123. The van der Waals surface area contributed by atoms with Gasteiger partial charge in [0.1, 0.15) is 10.0 Å². The van der Waals surface area contributed by atoms with E-state index in [1.54, 1.807) is 6.20 Å². The van der Waals surface area contributed by atoms with Gasteiger partial charge in [0.05, 0.1) is 0 Å². The molecule has 0 radical (unpaired) electrons. The normalized spacial score (nSPS) is 11.1. The van der Waals surface area contributed by atoms with Crippen molar-refractivity contribution in [2.24, 2.45) is 5.92 Å². The van der Waals surface area contributed by atoms with Gasteiger partial charge in [0.2, 0.25) is 5.56 Å². The van der Waals surface area contributed by atoms with E-state index in [0.717, 1.165) is 28.7 Å². The summed E-state index contributed by atoms with van der Waals surface area (Å²) in [5.41, 5.74) is 0.688. The van der Waals surface area contributed by atoms with Gasteiger partial charge in [0.15, 0.2) is 0 Å². The molecule has 2 aromatic rings. The standard InChI is InChI=1S/C12H16N4OS/c1-8(2)6-13-7-11-15-16-12(18-11)9-3-4-14-10(17)5-9/h3-5,8,13H,6-7H2,1-2H3,(H,14,17). The Morgan fingerprint density at radius 2 is 2.28 bits per heavy atom. The van der Waals surface area contributed by atoms with E-state index >= 15 is 0 Å². The Bertz CT molecular complexity index is 561. The van der Waals surface area contributed by atoms with Crippen LogP contribution in [-0.4, -0.2) is 21.7 Å². The third-order valence-electron chi connectivity index (χ3n) is 2.32. The second kappa shape index (κ2) is 5.88. The molecule has 0 aliphatic carbocycles. The molecule has 2 aromatic heterocycles. The van der Waals surface area contributed by atoms with Gasteiger partial charge in [-0.25, -0.2) is 0 Å². The van der Waals surface area contributed by atoms with Crippen molar-refractivity contribution in [2.45, 2.75) is 20.4 Å². The number of nitrogens with zero attached hydrogens (tertiary/aromatic N) is 2. The molecule has 0 spiro atoms. The van der Waals surface area contributed by atoms with Gasteiger partial charge in [-0.05, 0) is 18.5 Å². The molecule has 0 atom stereocenters. The lowest BCUT2D eigenvalue weighted by Crippen LogP contribution is -2.18. The zero-order valence-corrected chi connectivity index (χ0v) is 11.3. The Kier molecular flexibility index (Phi) is 4.22. The van der Waals surface area contributed by atoms with Crippen molar-refractivity contribution in [3.8, 4) is 10.6 Å². The van der Waals surface area contributed by atoms with Gasteiger partial charge in [-0.2, -0.15) is 0 Å². The number of nitrogens with one attached hydrogen (secondary N) is 2. The first-order chi connectivity index (χ1) is 8.65. The summed E-state index contributed by atoms with van der Waals surface area (Å²) >= 11 is 1.51. The molecule has 0 fully saturated rings. The van der Waals surface area contributed by atoms with Crippen LogP contribution in [0.1, 0.15) is 18.9 Å². The van der Waals surface area contributed by atoms with E-state index in [2.05, 4.69) is 34.3 Å². The molecule has 0 saturated heterocycles. The van der Waals surface area contributed by atoms with Crippen molar-refractivity contribution >= 4 is 11.3 Å². The number of hydrogen-bond donors (Lipinski definition) is 2. The van der Waals surface area contributed by atoms with Crippen LogP contribution in [0.15, 0.2) is 23.1 Å². The maximum absolute atomic E-state index is 11.2. The van der Waals surface area contributed by atoms with E-state index in [9.17, 15) is 4.79 Å². The first-order valence-corrected chi connectivity index (χ1v) is 6.69. The summed E-state index contributed by atoms with van der Waals surface area (Å²) in [5.74, 6) is 0.616. The maximum atomic E-state index is 11.2. The Hall–Kier alpha value is -1.53. The summed E-state index contributed by atoms with van der Waals surface area (Å²) in [4.78, 5) is 13.8. The zero-order chi connectivity index (χ0) is 13.0. The number of pyridine rings is 1. The Morgan fingerprint density at radius 3 is 3.00 bits per heavy atom. The topological polar surface area (TPSA) is 70.7 Å². The molecular weight excluding hydrogens is 248 g/mol. The molecule has 0 aliphatic rings. The summed E-state index contributed by atoms with van der Waals surface area (Å²) in [6, 6.07) is 3.36. The van der Waals surface area contributed by atoms with Gasteiger partial charge < -0.3 is 10.3 Å². The molecule has 0 amide bonds. The molecule has 2 heterocycles. The molecule has 0 saturated carbocycles. The van der Waals surface area contributed by atoms with Crippen molar-refractivity contribution in [3.05, 3.63) is 33.7 Å². The molecular formula is C12H16N4OS. The second-order valence-corrected chi connectivity index (χ2v) is 5.53. The number of aromatic amines is 1. The summed E-state index contributed by atoms with van der Waals surface area (Å²) in [5, 5.41) is 13.2. The van der Waals surface area contributed by atoms with E-state index in [0.29, 0.717) is 5.92 Å². The monoisotopic (exact) mass is 264 g/mol. The third kappa shape index (κ3) is 3.48. The number of aromatic nitrogens is 3. The molecule has 5 nitrogen and oxygen atoms in total. The fourth-order valence-corrected chi connectivity index (χ4v) is 2.29. The van der Waals surface area contributed by atoms with Gasteiger partial charge in [-0.3, -0.25) is 4.79 Å². The molecule has 2 N–H and O–H groups in total. The highest BCUT2D eigenvalue weighted by Gasteiger charge is 2.06. The molecule has 0 bridgehead atoms. The fraction of sp³-hybridized carbons (Fsp3) is 0.417. The lowest BCUT2D eigenvalue weighted by Gasteiger charge is -2.03. The molecule has 2 rings (SSSR count). The smallest absolute Gasteiger partial charge is 0.248 e. The van der Waals surface area contributed by atoms with Crippen molar-refractivity contribution in [1.82, 2.24) is 20.5 Å². The van der Waals surface area contributed by atoms with Crippen molar-refractivity contribution in [1.29, 1.82) is 0 Å². The van der Waals surface area contributed by atoms with E-state index < -0.39 is 0 Å². The average Bonchev–Trinajstić information content (AvgIpc) is 2.77. The number of H-pyrrole nitrogens is 1. The highest BCUT2D eigenvalue weighted by molar-refractivity contribution is 7.14. The van der Waals surface area contributed by atoms with Crippen LogP contribution < -0.4 is 10.9 Å². The van der Waals surface area contributed by atoms with Crippen LogP contribution in [0, 0.1) is 5.92 Å². The maximum Gasteiger partial charge on any atom is 0.248 e. The Labute approximate surface area is 109 Å². The zero-order valence-electron chi connectivity index (χ0n) is 10.4. The number of rotatable bonds is 5. The lowest BCUT2D eigenvalue weighted by atomic mass is 10.2. The van der Waals surface area contributed by atoms with Gasteiger partial charge in [-0.1, -0.05) is 25.2 Å². The van der Waals surface area contributed by atoms with E-state index in [-0.39, 0.29) is 5.56 Å². The van der Waals surface area contributed by atoms with Crippen LogP contribution in [0.2, 0.25) is 0 Å². The predicted octanol–water partition coefficient (Wildman–Crippen LogP) is 1.64. The van der Waals surface area contributed by atoms with E-state index in [4.69, 9.17) is 0 Å². The Morgan fingerprint density at radius 1 is 1.44 bits per heavy atom. The predicted molar refractivity (Wildman–Crippen MR) is 72.5 cm³/mol. The van der Waals surface area contributed by atoms with E-state index in [1.807, 2.05) is 6.07 Å². The lowest BCUT2D eigenvalue weighted by molar-refractivity contribution is 0.550. The molecule has 0 unspecified atom stereocenters. The quantitative estimate of drug-likeness (QED) is 0.861. The summed E-state index contributed by atoms with van der Waals surface area (Å²) in [6.07, 6.45) is 1.62. The van der Waals surface area contributed by atoms with Crippen molar-refractivity contribution < 1.29 is 0 Å². The van der Waals surface area contributed by atoms with Gasteiger partial charge in [-0.15, -0.1) is 10.2 Å². The van der Waals surface area contributed by atoms with Crippen LogP contribution >= 0.6 is 11.3 Å². The third-order valence-corrected chi connectivity index (χ3v) is 3.29. The summed E-state index contributed by atoms with van der Waals surface area (Å²) in [6.45, 7) is 6.00. The average molecular weight is 264 g/mol.